The first-order valence-electron chi connectivity index (χ1n) is 7.22. The molecule has 0 spiro atoms. The summed E-state index contributed by atoms with van der Waals surface area (Å²) in [6, 6.07) is 0. The van der Waals surface area contributed by atoms with Crippen LogP contribution in [0.3, 0.4) is 0 Å². The number of amides is 1. The fourth-order valence-electron chi connectivity index (χ4n) is 2.47. The van der Waals surface area contributed by atoms with E-state index >= 15 is 0 Å². The molecule has 5 nitrogen and oxygen atoms in total. The van der Waals surface area contributed by atoms with E-state index in [-0.39, 0.29) is 41.4 Å². The van der Waals surface area contributed by atoms with Gasteiger partial charge < -0.3 is 20.5 Å². The Morgan fingerprint density at radius 2 is 1.86 bits per heavy atom. The summed E-state index contributed by atoms with van der Waals surface area (Å²) in [6.07, 6.45) is 4.69. The molecule has 1 aliphatic carbocycles. The summed E-state index contributed by atoms with van der Waals surface area (Å²) in [5, 5.41) is 16.8. The summed E-state index contributed by atoms with van der Waals surface area (Å²) in [4.78, 5) is 22.8. The van der Waals surface area contributed by atoms with Crippen LogP contribution >= 0.6 is 0 Å². The zero-order valence-corrected chi connectivity index (χ0v) is 15.4. The van der Waals surface area contributed by atoms with E-state index in [1.54, 1.807) is 6.08 Å². The van der Waals surface area contributed by atoms with Gasteiger partial charge in [0.25, 0.3) is 0 Å². The molecule has 1 saturated carbocycles. The van der Waals surface area contributed by atoms with Crippen LogP contribution in [0.2, 0.25) is 0 Å². The molecule has 21 heavy (non-hydrogen) atoms. The van der Waals surface area contributed by atoms with Gasteiger partial charge in [-0.15, -0.1) is 6.58 Å². The number of rotatable bonds is 7. The van der Waals surface area contributed by atoms with E-state index in [2.05, 4.69) is 17.2 Å². The number of aliphatic carboxylic acids is 1. The third kappa shape index (κ3) is 6.96. The molecule has 0 saturated heterocycles. The second-order valence-electron chi connectivity index (χ2n) is 6.04. The topological polar surface area (TPSA) is 81.3 Å². The number of hydrogen-bond donors (Lipinski definition) is 2. The van der Waals surface area contributed by atoms with Crippen LogP contribution in [0.15, 0.2) is 12.7 Å². The smallest absolute Gasteiger partial charge is 0.550 e. The standard InChI is InChI=1S/C15H26N2O3.Na/c1-4-9-17-15(2,3)14(20)16-10-11-5-7-12(8-6-11)13(18)19;/h4,11-12,17H,1,5-10H2,2-3H3,(H,16,20)(H,18,19);/q;+1/p-1. The molecule has 0 aliphatic heterocycles. The molecule has 6 heteroatoms. The number of hydrogen-bond acceptors (Lipinski definition) is 4. The maximum absolute atomic E-state index is 12.1. The second kappa shape index (κ2) is 9.62. The predicted molar refractivity (Wildman–Crippen MR) is 75.7 cm³/mol. The molecule has 1 fully saturated rings. The zero-order valence-electron chi connectivity index (χ0n) is 13.4. The largest absolute Gasteiger partial charge is 1.00 e. The van der Waals surface area contributed by atoms with Crippen molar-refractivity contribution in [3.8, 4) is 0 Å². The summed E-state index contributed by atoms with van der Waals surface area (Å²) in [7, 11) is 0. The van der Waals surface area contributed by atoms with E-state index in [9.17, 15) is 14.7 Å². The van der Waals surface area contributed by atoms with Gasteiger partial charge in [0.05, 0.1) is 5.54 Å². The molecule has 1 rings (SSSR count). The normalized spacial score (nSPS) is 22.0. The molecule has 1 amide bonds. The zero-order chi connectivity index (χ0) is 15.2. The number of carboxylic acids is 1. The van der Waals surface area contributed by atoms with Crippen molar-refractivity contribution in [1.29, 1.82) is 0 Å². The first kappa shape index (κ1) is 20.6. The van der Waals surface area contributed by atoms with Crippen LogP contribution in [-0.4, -0.2) is 30.5 Å². The van der Waals surface area contributed by atoms with Gasteiger partial charge in [0, 0.05) is 19.1 Å². The van der Waals surface area contributed by atoms with Crippen LogP contribution in [0.5, 0.6) is 0 Å². The van der Waals surface area contributed by atoms with E-state index < -0.39 is 11.5 Å². The molecular formula is C15H25N2NaO3. The van der Waals surface area contributed by atoms with Crippen molar-refractivity contribution in [3.63, 3.8) is 0 Å². The van der Waals surface area contributed by atoms with Crippen LogP contribution in [0.1, 0.15) is 39.5 Å². The van der Waals surface area contributed by atoms with Crippen LogP contribution in [0.25, 0.3) is 0 Å². The van der Waals surface area contributed by atoms with Gasteiger partial charge in [0.2, 0.25) is 5.91 Å². The van der Waals surface area contributed by atoms with E-state index in [4.69, 9.17) is 0 Å². The van der Waals surface area contributed by atoms with Crippen molar-refractivity contribution < 1.29 is 44.3 Å². The number of carbonyl (C=O) groups excluding carboxylic acids is 2. The molecule has 0 unspecified atom stereocenters. The number of carbonyl (C=O) groups is 2. The van der Waals surface area contributed by atoms with Gasteiger partial charge in [0.15, 0.2) is 0 Å². The van der Waals surface area contributed by atoms with Crippen molar-refractivity contribution >= 4 is 11.9 Å². The number of carboxylic acid groups (broad SMARTS) is 1. The molecule has 0 bridgehead atoms. The van der Waals surface area contributed by atoms with Gasteiger partial charge >= 0.3 is 29.6 Å². The van der Waals surface area contributed by atoms with E-state index in [1.165, 1.54) is 0 Å². The Morgan fingerprint density at radius 3 is 2.33 bits per heavy atom. The summed E-state index contributed by atoms with van der Waals surface area (Å²) < 4.78 is 0. The van der Waals surface area contributed by atoms with Gasteiger partial charge in [-0.05, 0) is 51.4 Å². The summed E-state index contributed by atoms with van der Waals surface area (Å²) >= 11 is 0. The first-order valence-corrected chi connectivity index (χ1v) is 7.22. The van der Waals surface area contributed by atoms with Gasteiger partial charge in [-0.2, -0.15) is 0 Å². The molecule has 0 heterocycles. The molecule has 0 radical (unpaired) electrons. The molecule has 0 atom stereocenters. The van der Waals surface area contributed by atoms with Gasteiger partial charge in [0.1, 0.15) is 0 Å². The second-order valence-corrected chi connectivity index (χ2v) is 6.04. The van der Waals surface area contributed by atoms with Crippen molar-refractivity contribution in [3.05, 3.63) is 12.7 Å². The van der Waals surface area contributed by atoms with Crippen LogP contribution < -0.4 is 45.3 Å². The number of nitrogens with one attached hydrogen (secondary N) is 2. The molecule has 2 N–H and O–H groups in total. The Hall–Kier alpha value is -0.360. The minimum atomic E-state index is -0.942. The predicted octanol–water partition coefficient (Wildman–Crippen LogP) is -2.78. The third-order valence-electron chi connectivity index (χ3n) is 3.99. The van der Waals surface area contributed by atoms with Crippen molar-refractivity contribution in [1.82, 2.24) is 10.6 Å². The van der Waals surface area contributed by atoms with Crippen molar-refractivity contribution in [2.75, 3.05) is 13.1 Å². The minimum absolute atomic E-state index is 0. The third-order valence-corrected chi connectivity index (χ3v) is 3.99. The van der Waals surface area contributed by atoms with Crippen LogP contribution in [-0.2, 0) is 9.59 Å². The Labute approximate surface area is 149 Å². The molecule has 0 aromatic heterocycles. The monoisotopic (exact) mass is 304 g/mol. The maximum Gasteiger partial charge on any atom is 1.00 e. The van der Waals surface area contributed by atoms with Crippen molar-refractivity contribution in [2.45, 2.75) is 45.1 Å². The molecular weight excluding hydrogens is 279 g/mol. The first-order chi connectivity index (χ1) is 9.36. The quantitative estimate of drug-likeness (QED) is 0.394. The van der Waals surface area contributed by atoms with E-state index in [1.807, 2.05) is 13.8 Å². The van der Waals surface area contributed by atoms with Gasteiger partial charge in [-0.1, -0.05) is 6.08 Å². The average molecular weight is 304 g/mol. The Kier molecular flexibility index (Phi) is 9.45. The maximum atomic E-state index is 12.1. The van der Waals surface area contributed by atoms with E-state index in [0.717, 1.165) is 12.8 Å². The fourth-order valence-corrected chi connectivity index (χ4v) is 2.47. The van der Waals surface area contributed by atoms with Gasteiger partial charge in [-0.25, -0.2) is 0 Å². The SMILES string of the molecule is C=CCNC(C)(C)C(=O)NCC1CCC(C(=O)[O-])CC1.[Na+]. The molecule has 0 aromatic rings. The molecule has 114 valence electrons. The summed E-state index contributed by atoms with van der Waals surface area (Å²) in [6.45, 7) is 8.47. The minimum Gasteiger partial charge on any atom is -0.550 e. The Balaban J connectivity index is 0.00000400. The summed E-state index contributed by atoms with van der Waals surface area (Å²) in [5.74, 6) is -0.930. The fraction of sp³-hybridized carbons (Fsp3) is 0.733. The Morgan fingerprint density at radius 1 is 1.29 bits per heavy atom. The molecule has 1 aliphatic rings. The van der Waals surface area contributed by atoms with Crippen LogP contribution in [0.4, 0.5) is 0 Å². The summed E-state index contributed by atoms with van der Waals surface area (Å²) in [5.41, 5.74) is -0.629. The Bertz CT molecular complexity index is 364. The van der Waals surface area contributed by atoms with E-state index in [0.29, 0.717) is 31.8 Å². The molecule has 0 aromatic carbocycles. The average Bonchev–Trinajstić information content (AvgIpc) is 2.42. The van der Waals surface area contributed by atoms with Gasteiger partial charge in [-0.3, -0.25) is 4.79 Å². The van der Waals surface area contributed by atoms with Crippen LogP contribution in [0, 0.1) is 11.8 Å². The van der Waals surface area contributed by atoms with Crippen molar-refractivity contribution in [2.24, 2.45) is 11.8 Å².